The number of aliphatic hydroxyl groups excluding tert-OH is 1. The summed E-state index contributed by atoms with van der Waals surface area (Å²) in [6.45, 7) is 4.46. The molecule has 0 saturated carbocycles. The summed E-state index contributed by atoms with van der Waals surface area (Å²) in [6, 6.07) is 20.6. The van der Waals surface area contributed by atoms with Crippen LogP contribution in [0.5, 0.6) is 11.5 Å². The highest BCUT2D eigenvalue weighted by Crippen LogP contribution is 2.43. The first-order chi connectivity index (χ1) is 16.5. The third-order valence-corrected chi connectivity index (χ3v) is 5.86. The van der Waals surface area contributed by atoms with Crippen LogP contribution in [0, 0.1) is 6.92 Å². The predicted molar refractivity (Wildman–Crippen MR) is 131 cm³/mol. The molecule has 1 aliphatic heterocycles. The number of carbonyl (C=O) groups excluding carboxylic acids is 2. The first kappa shape index (κ1) is 23.1. The van der Waals surface area contributed by atoms with E-state index in [4.69, 9.17) is 9.47 Å². The fourth-order valence-corrected chi connectivity index (χ4v) is 4.14. The van der Waals surface area contributed by atoms with Gasteiger partial charge in [0.15, 0.2) is 0 Å². The fraction of sp³-hybridized carbons (Fsp3) is 0.214. The summed E-state index contributed by atoms with van der Waals surface area (Å²) in [5.74, 6) is -0.441. The maximum Gasteiger partial charge on any atom is 0.300 e. The number of hydrogen-bond acceptors (Lipinski definition) is 5. The smallest absolute Gasteiger partial charge is 0.300 e. The molecule has 3 aromatic carbocycles. The van der Waals surface area contributed by atoms with E-state index in [2.05, 4.69) is 0 Å². The second kappa shape index (κ2) is 9.83. The number of nitrogens with zero attached hydrogens (tertiary/aromatic N) is 1. The van der Waals surface area contributed by atoms with Crippen molar-refractivity contribution in [1.29, 1.82) is 0 Å². The van der Waals surface area contributed by atoms with Crippen molar-refractivity contribution in [2.45, 2.75) is 26.3 Å². The Bertz CT molecular complexity index is 1250. The van der Waals surface area contributed by atoms with Crippen molar-refractivity contribution in [3.63, 3.8) is 0 Å². The average Bonchev–Trinajstić information content (AvgIpc) is 3.13. The second-order valence-electron chi connectivity index (χ2n) is 8.10. The number of anilines is 1. The number of hydrogen-bond donors (Lipinski definition) is 1. The molecule has 0 bridgehead atoms. The molecule has 1 atom stereocenters. The number of amides is 1. The van der Waals surface area contributed by atoms with Crippen LogP contribution in [0.4, 0.5) is 5.69 Å². The molecule has 174 valence electrons. The van der Waals surface area contributed by atoms with Crippen LogP contribution in [0.25, 0.3) is 5.76 Å². The van der Waals surface area contributed by atoms with Crippen molar-refractivity contribution in [3.05, 3.63) is 95.1 Å². The number of aryl methyl sites for hydroxylation is 1. The number of benzene rings is 3. The van der Waals surface area contributed by atoms with Gasteiger partial charge in [0.25, 0.3) is 11.7 Å². The van der Waals surface area contributed by atoms with Crippen LogP contribution in [0.15, 0.2) is 78.4 Å². The highest BCUT2D eigenvalue weighted by molar-refractivity contribution is 6.51. The van der Waals surface area contributed by atoms with Crippen LogP contribution in [-0.4, -0.2) is 30.5 Å². The van der Waals surface area contributed by atoms with Crippen LogP contribution in [0.1, 0.15) is 36.1 Å². The van der Waals surface area contributed by atoms with E-state index in [1.165, 1.54) is 4.90 Å². The molecule has 1 N–H and O–H groups in total. The highest BCUT2D eigenvalue weighted by Gasteiger charge is 2.47. The van der Waals surface area contributed by atoms with Gasteiger partial charge in [-0.15, -0.1) is 0 Å². The van der Waals surface area contributed by atoms with E-state index in [1.54, 1.807) is 55.6 Å². The number of aliphatic hydroxyl groups is 1. The molecule has 6 heteroatoms. The van der Waals surface area contributed by atoms with Gasteiger partial charge in [0.2, 0.25) is 0 Å². The van der Waals surface area contributed by atoms with Gasteiger partial charge >= 0.3 is 0 Å². The molecule has 0 aliphatic carbocycles. The minimum Gasteiger partial charge on any atom is -0.507 e. The van der Waals surface area contributed by atoms with Crippen LogP contribution in [0.2, 0.25) is 0 Å². The Morgan fingerprint density at radius 3 is 2.38 bits per heavy atom. The molecule has 1 heterocycles. The van der Waals surface area contributed by atoms with E-state index in [0.29, 0.717) is 29.4 Å². The van der Waals surface area contributed by atoms with Gasteiger partial charge in [0.1, 0.15) is 17.3 Å². The molecule has 0 aromatic heterocycles. The van der Waals surface area contributed by atoms with Crippen molar-refractivity contribution in [3.8, 4) is 11.5 Å². The monoisotopic (exact) mass is 457 g/mol. The van der Waals surface area contributed by atoms with Gasteiger partial charge in [0.05, 0.1) is 25.3 Å². The summed E-state index contributed by atoms with van der Waals surface area (Å²) in [7, 11) is 1.56. The number of Topliss-reactive ketones (excluding diaryl/α,β-unsaturated/α-hetero) is 1. The van der Waals surface area contributed by atoms with Gasteiger partial charge in [0, 0.05) is 11.3 Å². The van der Waals surface area contributed by atoms with E-state index >= 15 is 0 Å². The summed E-state index contributed by atoms with van der Waals surface area (Å²) in [5, 5.41) is 11.3. The number of rotatable bonds is 7. The molecular weight excluding hydrogens is 430 g/mol. The fourth-order valence-electron chi connectivity index (χ4n) is 4.14. The molecule has 4 rings (SSSR count). The highest BCUT2D eigenvalue weighted by atomic mass is 16.5. The molecule has 6 nitrogen and oxygen atoms in total. The Hall–Kier alpha value is -4.06. The van der Waals surface area contributed by atoms with Gasteiger partial charge in [-0.2, -0.15) is 0 Å². The SMILES string of the molecule is CCCOc1cccc(/C(O)=C2\C(=O)C(=O)N(c3ccc(OC)cc3)C2c2ccccc2C)c1. The minimum absolute atomic E-state index is 0.0442. The van der Waals surface area contributed by atoms with E-state index in [0.717, 1.165) is 17.5 Å². The van der Waals surface area contributed by atoms with Crippen LogP contribution < -0.4 is 14.4 Å². The van der Waals surface area contributed by atoms with Gasteiger partial charge in [-0.1, -0.05) is 43.3 Å². The number of methoxy groups -OCH3 is 1. The second-order valence-corrected chi connectivity index (χ2v) is 8.10. The quantitative estimate of drug-likeness (QED) is 0.291. The topological polar surface area (TPSA) is 76.1 Å². The molecule has 0 spiro atoms. The summed E-state index contributed by atoms with van der Waals surface area (Å²) in [4.78, 5) is 28.0. The van der Waals surface area contributed by atoms with E-state index in [-0.39, 0.29) is 11.3 Å². The molecule has 1 unspecified atom stereocenters. The van der Waals surface area contributed by atoms with Crippen molar-refractivity contribution in [1.82, 2.24) is 0 Å². The lowest BCUT2D eigenvalue weighted by Gasteiger charge is -2.26. The molecule has 3 aromatic rings. The maximum atomic E-state index is 13.3. The summed E-state index contributed by atoms with van der Waals surface area (Å²) < 4.78 is 10.9. The van der Waals surface area contributed by atoms with Crippen LogP contribution in [0.3, 0.4) is 0 Å². The first-order valence-electron chi connectivity index (χ1n) is 11.2. The molecule has 1 saturated heterocycles. The van der Waals surface area contributed by atoms with Gasteiger partial charge in [-0.25, -0.2) is 0 Å². The summed E-state index contributed by atoms with van der Waals surface area (Å²) in [5.41, 5.74) is 2.66. The van der Waals surface area contributed by atoms with Crippen molar-refractivity contribution in [2.75, 3.05) is 18.6 Å². The molecular formula is C28H27NO5. The lowest BCUT2D eigenvalue weighted by atomic mass is 9.92. The van der Waals surface area contributed by atoms with E-state index < -0.39 is 17.7 Å². The van der Waals surface area contributed by atoms with E-state index in [9.17, 15) is 14.7 Å². The number of carbonyl (C=O) groups is 2. The Morgan fingerprint density at radius 1 is 0.971 bits per heavy atom. The summed E-state index contributed by atoms with van der Waals surface area (Å²) >= 11 is 0. The molecule has 34 heavy (non-hydrogen) atoms. The maximum absolute atomic E-state index is 13.3. The molecule has 1 amide bonds. The normalized spacial score (nSPS) is 17.1. The lowest BCUT2D eigenvalue weighted by Crippen LogP contribution is -2.29. The average molecular weight is 458 g/mol. The number of ether oxygens (including phenoxy) is 2. The Labute approximate surface area is 199 Å². The third-order valence-electron chi connectivity index (χ3n) is 5.86. The Kier molecular flexibility index (Phi) is 6.68. The first-order valence-corrected chi connectivity index (χ1v) is 11.2. The Morgan fingerprint density at radius 2 is 1.71 bits per heavy atom. The Balaban J connectivity index is 1.89. The standard InChI is InChI=1S/C28H27NO5/c1-4-16-34-22-10-7-9-19(17-22)26(30)24-25(23-11-6-5-8-18(23)2)29(28(32)27(24)31)20-12-14-21(33-3)15-13-20/h5-15,17,25,30H,4,16H2,1-3H3/b26-24+. The van der Waals surface area contributed by atoms with Gasteiger partial charge in [-0.3, -0.25) is 14.5 Å². The molecule has 1 aliphatic rings. The lowest BCUT2D eigenvalue weighted by molar-refractivity contribution is -0.132. The zero-order valence-electron chi connectivity index (χ0n) is 19.4. The summed E-state index contributed by atoms with van der Waals surface area (Å²) in [6.07, 6.45) is 0.844. The van der Waals surface area contributed by atoms with Crippen LogP contribution in [-0.2, 0) is 9.59 Å². The zero-order chi connectivity index (χ0) is 24.2. The van der Waals surface area contributed by atoms with Crippen molar-refractivity contribution >= 4 is 23.1 Å². The zero-order valence-corrected chi connectivity index (χ0v) is 19.4. The van der Waals surface area contributed by atoms with Crippen LogP contribution >= 0.6 is 0 Å². The van der Waals surface area contributed by atoms with Gasteiger partial charge < -0.3 is 14.6 Å². The predicted octanol–water partition coefficient (Wildman–Crippen LogP) is 5.42. The van der Waals surface area contributed by atoms with Gasteiger partial charge in [-0.05, 0) is 60.9 Å². The minimum atomic E-state index is -0.783. The number of ketones is 1. The largest absolute Gasteiger partial charge is 0.507 e. The molecule has 1 fully saturated rings. The van der Waals surface area contributed by atoms with E-state index in [1.807, 2.05) is 38.1 Å². The van der Waals surface area contributed by atoms with Crippen molar-refractivity contribution in [2.24, 2.45) is 0 Å². The van der Waals surface area contributed by atoms with Crippen molar-refractivity contribution < 1.29 is 24.2 Å². The molecule has 0 radical (unpaired) electrons. The third kappa shape index (κ3) is 4.27.